The monoisotopic (exact) mass is 262 g/mol. The van der Waals surface area contributed by atoms with Gasteiger partial charge in [0.15, 0.2) is 0 Å². The summed E-state index contributed by atoms with van der Waals surface area (Å²) in [7, 11) is 0. The van der Waals surface area contributed by atoms with E-state index in [4.69, 9.17) is 0 Å². The van der Waals surface area contributed by atoms with Gasteiger partial charge >= 0.3 is 0 Å². The third-order valence-corrected chi connectivity index (χ3v) is 4.16. The molecule has 0 amide bonds. The van der Waals surface area contributed by atoms with E-state index in [9.17, 15) is 0 Å². The van der Waals surface area contributed by atoms with Crippen LogP contribution in [0.2, 0.25) is 0 Å². The molecule has 0 fully saturated rings. The maximum atomic E-state index is 2.32. The highest BCUT2D eigenvalue weighted by molar-refractivity contribution is 6.02. The van der Waals surface area contributed by atoms with E-state index in [0.717, 1.165) is 0 Å². The van der Waals surface area contributed by atoms with E-state index in [1.165, 1.54) is 59.2 Å². The molecule has 102 valence electrons. The Hall–Kier alpha value is -1.82. The smallest absolute Gasteiger partial charge is 0.0146 e. The first-order valence-electron chi connectivity index (χ1n) is 7.79. The normalized spacial score (nSPS) is 11.2. The lowest BCUT2D eigenvalue weighted by Gasteiger charge is -2.11. The van der Waals surface area contributed by atoms with E-state index >= 15 is 0 Å². The van der Waals surface area contributed by atoms with Crippen LogP contribution in [0, 0.1) is 0 Å². The van der Waals surface area contributed by atoms with Crippen LogP contribution in [-0.4, -0.2) is 0 Å². The first kappa shape index (κ1) is 13.2. The number of hydrogen-bond donors (Lipinski definition) is 0. The van der Waals surface area contributed by atoms with Crippen LogP contribution in [0.4, 0.5) is 0 Å². The first-order chi connectivity index (χ1) is 9.90. The molecule has 20 heavy (non-hydrogen) atoms. The fourth-order valence-electron chi connectivity index (χ4n) is 3.11. The van der Waals surface area contributed by atoms with Gasteiger partial charge < -0.3 is 0 Å². The van der Waals surface area contributed by atoms with E-state index in [1.54, 1.807) is 0 Å². The zero-order valence-corrected chi connectivity index (χ0v) is 12.2. The Morgan fingerprint density at radius 1 is 0.700 bits per heavy atom. The molecule has 0 N–H and O–H groups in total. The van der Waals surface area contributed by atoms with Gasteiger partial charge in [-0.2, -0.15) is 0 Å². The van der Waals surface area contributed by atoms with E-state index in [-0.39, 0.29) is 0 Å². The van der Waals surface area contributed by atoms with E-state index in [1.807, 2.05) is 0 Å². The van der Waals surface area contributed by atoms with Crippen LogP contribution < -0.4 is 0 Å². The summed E-state index contributed by atoms with van der Waals surface area (Å²) in [5, 5.41) is 5.61. The number of rotatable bonds is 5. The highest BCUT2D eigenvalue weighted by Crippen LogP contribution is 2.29. The molecule has 0 heteroatoms. The number of unbranched alkanes of at least 4 members (excludes halogenated alkanes) is 3. The Morgan fingerprint density at radius 2 is 1.30 bits per heavy atom. The molecule has 0 saturated carbocycles. The summed E-state index contributed by atoms with van der Waals surface area (Å²) in [5.41, 5.74) is 1.54. The van der Waals surface area contributed by atoms with Gasteiger partial charge in [0.2, 0.25) is 0 Å². The van der Waals surface area contributed by atoms with Crippen molar-refractivity contribution >= 4 is 21.5 Å². The average Bonchev–Trinajstić information content (AvgIpc) is 2.50. The van der Waals surface area contributed by atoms with Gasteiger partial charge in [-0.1, -0.05) is 74.7 Å². The standard InChI is InChI=1S/C20H22/c1-2-3-4-5-14-20-18-12-8-6-10-16(18)15-17-11-7-9-13-19(17)20/h6-13,15H,2-5,14H2,1H3. The second kappa shape index (κ2) is 6.09. The molecule has 0 heterocycles. The summed E-state index contributed by atoms with van der Waals surface area (Å²) in [6.45, 7) is 2.27. The van der Waals surface area contributed by atoms with Gasteiger partial charge in [0, 0.05) is 0 Å². The van der Waals surface area contributed by atoms with Crippen LogP contribution in [0.15, 0.2) is 54.6 Å². The van der Waals surface area contributed by atoms with Gasteiger partial charge in [-0.25, -0.2) is 0 Å². The second-order valence-corrected chi connectivity index (χ2v) is 5.61. The molecule has 3 aromatic carbocycles. The minimum atomic E-state index is 1.20. The van der Waals surface area contributed by atoms with Crippen molar-refractivity contribution in [2.75, 3.05) is 0 Å². The lowest BCUT2D eigenvalue weighted by atomic mass is 9.93. The third-order valence-electron chi connectivity index (χ3n) is 4.16. The quantitative estimate of drug-likeness (QED) is 0.384. The Kier molecular flexibility index (Phi) is 4.01. The molecule has 0 aliphatic heterocycles. The van der Waals surface area contributed by atoms with Crippen molar-refractivity contribution in [1.82, 2.24) is 0 Å². The molecular weight excluding hydrogens is 240 g/mol. The average molecular weight is 262 g/mol. The van der Waals surface area contributed by atoms with Crippen molar-refractivity contribution < 1.29 is 0 Å². The van der Waals surface area contributed by atoms with Gasteiger partial charge in [0.05, 0.1) is 0 Å². The lowest BCUT2D eigenvalue weighted by Crippen LogP contribution is -1.91. The van der Waals surface area contributed by atoms with Crippen molar-refractivity contribution in [3.8, 4) is 0 Å². The second-order valence-electron chi connectivity index (χ2n) is 5.61. The molecule has 0 unspecified atom stereocenters. The maximum absolute atomic E-state index is 2.32. The van der Waals surface area contributed by atoms with Crippen LogP contribution in [0.3, 0.4) is 0 Å². The molecule has 3 rings (SSSR count). The van der Waals surface area contributed by atoms with Crippen molar-refractivity contribution in [2.24, 2.45) is 0 Å². The summed E-state index contributed by atoms with van der Waals surface area (Å²) in [6.07, 6.45) is 6.49. The Bertz CT molecular complexity index is 655. The SMILES string of the molecule is CCCCCCc1c2ccccc2cc2ccccc12. The molecule has 0 saturated heterocycles. The summed E-state index contributed by atoms with van der Waals surface area (Å²) in [4.78, 5) is 0. The fourth-order valence-corrected chi connectivity index (χ4v) is 3.11. The predicted molar refractivity (Wildman–Crippen MR) is 89.3 cm³/mol. The molecule has 0 aliphatic rings. The number of aryl methyl sites for hydroxylation is 1. The van der Waals surface area contributed by atoms with Gasteiger partial charge in [-0.05, 0) is 46.0 Å². The summed E-state index contributed by atoms with van der Waals surface area (Å²) in [5.74, 6) is 0. The Labute approximate surface area is 121 Å². The molecule has 3 aromatic rings. The number of fused-ring (bicyclic) bond motifs is 2. The van der Waals surface area contributed by atoms with E-state index < -0.39 is 0 Å². The molecular formula is C20H22. The minimum Gasteiger partial charge on any atom is -0.0654 e. The van der Waals surface area contributed by atoms with Crippen LogP contribution in [0.5, 0.6) is 0 Å². The van der Waals surface area contributed by atoms with Gasteiger partial charge in [-0.3, -0.25) is 0 Å². The number of benzene rings is 3. The van der Waals surface area contributed by atoms with E-state index in [0.29, 0.717) is 0 Å². The highest BCUT2D eigenvalue weighted by Gasteiger charge is 2.06. The lowest BCUT2D eigenvalue weighted by molar-refractivity contribution is 0.669. The van der Waals surface area contributed by atoms with Crippen LogP contribution in [-0.2, 0) is 6.42 Å². The van der Waals surface area contributed by atoms with Crippen LogP contribution >= 0.6 is 0 Å². The molecule has 0 radical (unpaired) electrons. The van der Waals surface area contributed by atoms with Crippen LogP contribution in [0.25, 0.3) is 21.5 Å². The van der Waals surface area contributed by atoms with E-state index in [2.05, 4.69) is 61.5 Å². The Balaban J connectivity index is 2.08. The third kappa shape index (κ3) is 2.56. The largest absolute Gasteiger partial charge is 0.0654 e. The molecule has 0 aromatic heterocycles. The van der Waals surface area contributed by atoms with Gasteiger partial charge in [0.25, 0.3) is 0 Å². The molecule has 0 spiro atoms. The van der Waals surface area contributed by atoms with Crippen molar-refractivity contribution in [3.05, 3.63) is 60.2 Å². The van der Waals surface area contributed by atoms with Crippen molar-refractivity contribution in [2.45, 2.75) is 39.0 Å². The summed E-state index contributed by atoms with van der Waals surface area (Å²) in [6, 6.07) is 19.9. The maximum Gasteiger partial charge on any atom is -0.0146 e. The topological polar surface area (TPSA) is 0 Å². The molecule has 0 nitrogen and oxygen atoms in total. The zero-order valence-electron chi connectivity index (χ0n) is 12.2. The van der Waals surface area contributed by atoms with Crippen LogP contribution in [0.1, 0.15) is 38.2 Å². The number of hydrogen-bond acceptors (Lipinski definition) is 0. The van der Waals surface area contributed by atoms with Gasteiger partial charge in [-0.15, -0.1) is 0 Å². The predicted octanol–water partition coefficient (Wildman–Crippen LogP) is 6.12. The Morgan fingerprint density at radius 3 is 1.90 bits per heavy atom. The summed E-state index contributed by atoms with van der Waals surface area (Å²) >= 11 is 0. The molecule has 0 atom stereocenters. The van der Waals surface area contributed by atoms with Crippen molar-refractivity contribution in [1.29, 1.82) is 0 Å². The van der Waals surface area contributed by atoms with Gasteiger partial charge in [0.1, 0.15) is 0 Å². The molecule has 0 bridgehead atoms. The molecule has 0 aliphatic carbocycles. The zero-order chi connectivity index (χ0) is 13.8. The minimum absolute atomic E-state index is 1.20. The van der Waals surface area contributed by atoms with Crippen molar-refractivity contribution in [3.63, 3.8) is 0 Å². The highest BCUT2D eigenvalue weighted by atomic mass is 14.1. The summed E-state index contributed by atoms with van der Waals surface area (Å²) < 4.78 is 0. The fraction of sp³-hybridized carbons (Fsp3) is 0.300. The first-order valence-corrected chi connectivity index (χ1v) is 7.79.